The Hall–Kier alpha value is 3.53. The molecule has 0 aromatic carbocycles. The van der Waals surface area contributed by atoms with Crippen LogP contribution in [-0.4, -0.2) is 154 Å². The summed E-state index contributed by atoms with van der Waals surface area (Å²) in [5.74, 6) is 0. The van der Waals surface area contributed by atoms with E-state index in [4.69, 9.17) is 20.4 Å². The summed E-state index contributed by atoms with van der Waals surface area (Å²) < 4.78 is 0. The fourth-order valence-electron chi connectivity index (χ4n) is 0.987. The Morgan fingerprint density at radius 1 is 0.556 bits per heavy atom. The zero-order valence-electron chi connectivity index (χ0n) is 12.1. The van der Waals surface area contributed by atoms with Crippen LogP contribution in [0.15, 0.2) is 0 Å². The smallest absolute Gasteiger partial charge is 0 e. The van der Waals surface area contributed by atoms with Crippen LogP contribution in [0, 0.1) is 0 Å². The monoisotopic (exact) mass is 1030 g/mol. The molecular formula is C10H26O4Tl4. The Labute approximate surface area is 191 Å². The third kappa shape index (κ3) is 50.4. The molecule has 0 aromatic rings. The number of hydrogen-bond donors (Lipinski definition) is 4. The molecule has 0 aliphatic rings. The molecule has 0 aliphatic heterocycles. The second-order valence-corrected chi connectivity index (χ2v) is 3.87. The summed E-state index contributed by atoms with van der Waals surface area (Å²) in [6.45, 7) is 6.64. The number of rotatable bonds is 4. The van der Waals surface area contributed by atoms with E-state index in [1.165, 1.54) is 0 Å². The van der Waals surface area contributed by atoms with Gasteiger partial charge in [0.2, 0.25) is 0 Å². The molecule has 0 fully saturated rings. The summed E-state index contributed by atoms with van der Waals surface area (Å²) in [6, 6.07) is 0. The third-order valence-electron chi connectivity index (χ3n) is 1.36. The van der Waals surface area contributed by atoms with E-state index in [0.717, 1.165) is 0 Å². The van der Waals surface area contributed by atoms with Crippen LogP contribution in [0.5, 0.6) is 0 Å². The molecule has 0 amide bonds. The van der Waals surface area contributed by atoms with Crippen LogP contribution in [0.4, 0.5) is 0 Å². The van der Waals surface area contributed by atoms with E-state index in [9.17, 15) is 0 Å². The van der Waals surface area contributed by atoms with Crippen LogP contribution in [0.1, 0.15) is 40.5 Å². The van der Waals surface area contributed by atoms with Crippen molar-refractivity contribution in [1.29, 1.82) is 0 Å². The third-order valence-corrected chi connectivity index (χ3v) is 1.36. The molecule has 0 aliphatic carbocycles. The Morgan fingerprint density at radius 3 is 0.667 bits per heavy atom. The van der Waals surface area contributed by atoms with Crippen LogP contribution in [0.2, 0.25) is 0 Å². The van der Waals surface area contributed by atoms with Crippen molar-refractivity contribution >= 4 is 109 Å². The van der Waals surface area contributed by atoms with Crippen molar-refractivity contribution in [2.24, 2.45) is 0 Å². The van der Waals surface area contributed by atoms with Gasteiger partial charge in [-0.2, -0.15) is 0 Å². The van der Waals surface area contributed by atoms with Crippen molar-refractivity contribution in [1.82, 2.24) is 0 Å². The second kappa shape index (κ2) is 25.5. The minimum atomic E-state index is -0.375. The zero-order chi connectivity index (χ0) is 11.7. The van der Waals surface area contributed by atoms with Crippen molar-refractivity contribution in [2.75, 3.05) is 0 Å². The zero-order valence-corrected chi connectivity index (χ0v) is 32.1. The van der Waals surface area contributed by atoms with Gasteiger partial charge >= 0.3 is 54.6 Å². The van der Waals surface area contributed by atoms with Gasteiger partial charge in [0, 0.05) is 54.6 Å². The molecule has 4 unspecified atom stereocenters. The van der Waals surface area contributed by atoms with Crippen LogP contribution < -0.4 is 0 Å². The van der Waals surface area contributed by atoms with Crippen molar-refractivity contribution in [3.63, 3.8) is 0 Å². The Morgan fingerprint density at radius 2 is 0.667 bits per heavy atom. The van der Waals surface area contributed by atoms with E-state index in [1.54, 1.807) is 27.7 Å². The predicted molar refractivity (Wildman–Crippen MR) is 81.8 cm³/mol. The summed E-state index contributed by atoms with van der Waals surface area (Å²) in [5, 5.41) is 34.3. The molecule has 0 aromatic heterocycles. The average Bonchev–Trinajstić information content (AvgIpc) is 1.79. The van der Waals surface area contributed by atoms with Gasteiger partial charge in [-0.25, -0.2) is 0 Å². The van der Waals surface area contributed by atoms with Gasteiger partial charge in [0.1, 0.15) is 0 Å². The molecule has 0 heterocycles. The predicted octanol–water partition coefficient (Wildman–Crippen LogP) is -1.78. The first-order valence-corrected chi connectivity index (χ1v) is 4.98. The Balaban J connectivity index is -0.0000000327. The fourth-order valence-corrected chi connectivity index (χ4v) is 0.987. The first kappa shape index (κ1) is 37.6. The van der Waals surface area contributed by atoms with Gasteiger partial charge in [0.15, 0.2) is 0 Å². The summed E-state index contributed by atoms with van der Waals surface area (Å²) in [7, 11) is 0. The Bertz CT molecular complexity index is 98.4. The molecule has 0 saturated heterocycles. The normalized spacial score (nSPS) is 14.7. The molecule has 102 valence electrons. The maximum Gasteiger partial charge on any atom is 0 e. The molecule has 4 atom stereocenters. The topological polar surface area (TPSA) is 80.9 Å². The van der Waals surface area contributed by atoms with Crippen LogP contribution >= 0.6 is 0 Å². The van der Waals surface area contributed by atoms with Gasteiger partial charge in [-0.15, -0.1) is 0 Å². The van der Waals surface area contributed by atoms with E-state index < -0.39 is 0 Å². The second-order valence-electron chi connectivity index (χ2n) is 3.87. The molecule has 0 spiro atoms. The molecule has 18 heavy (non-hydrogen) atoms. The molecule has 8 heteroatoms. The summed E-state index contributed by atoms with van der Waals surface area (Å²) in [6.07, 6.45) is -0.556. The number of hydrogen-bond acceptors (Lipinski definition) is 4. The van der Waals surface area contributed by atoms with Gasteiger partial charge in [-0.3, -0.25) is 0 Å². The van der Waals surface area contributed by atoms with Crippen LogP contribution in [0.3, 0.4) is 0 Å². The van der Waals surface area contributed by atoms with Crippen molar-refractivity contribution < 1.29 is 20.4 Å². The number of aliphatic hydroxyl groups is 4. The molecule has 0 rings (SSSR count). The SMILES string of the molecule is CC(O)CC(C)O.CC(O)CC(C)O.[TlH].[TlH].[Tl].[Tl]. The summed E-state index contributed by atoms with van der Waals surface area (Å²) >= 11 is 0. The fraction of sp³-hybridized carbons (Fsp3) is 1.00. The van der Waals surface area contributed by atoms with Gasteiger partial charge in [0.25, 0.3) is 0 Å². The quantitative estimate of drug-likeness (QED) is 0.252. The molecule has 0 saturated carbocycles. The first-order chi connectivity index (χ1) is 6.25. The Kier molecular flexibility index (Phi) is 53.3. The van der Waals surface area contributed by atoms with E-state index >= 15 is 0 Å². The van der Waals surface area contributed by atoms with Gasteiger partial charge in [-0.1, -0.05) is 0 Å². The molecule has 4 nitrogen and oxygen atoms in total. The van der Waals surface area contributed by atoms with E-state index in [0.29, 0.717) is 12.8 Å². The summed E-state index contributed by atoms with van der Waals surface area (Å²) in [4.78, 5) is 0. The maximum atomic E-state index is 8.56. The molecule has 4 radical (unpaired) electrons. The standard InChI is InChI=1S/2C5H12O2.4Tl.2H/c2*1-4(6)3-5(2)7;;;;;;/h2*4-7H,3H2,1-2H3;;;;;;. The first-order valence-electron chi connectivity index (χ1n) is 4.98. The van der Waals surface area contributed by atoms with Crippen molar-refractivity contribution in [3.8, 4) is 0 Å². The van der Waals surface area contributed by atoms with Gasteiger partial charge < -0.3 is 20.4 Å². The molecular weight excluding hydrogens is 1000 g/mol. The van der Waals surface area contributed by atoms with Gasteiger partial charge in [-0.05, 0) is 40.5 Å². The minimum absolute atomic E-state index is 0. The van der Waals surface area contributed by atoms with E-state index in [-0.39, 0.29) is 134 Å². The minimum Gasteiger partial charge on any atom is 0 e. The van der Waals surface area contributed by atoms with Gasteiger partial charge in [0.05, 0.1) is 24.4 Å². The van der Waals surface area contributed by atoms with Crippen molar-refractivity contribution in [3.05, 3.63) is 0 Å². The van der Waals surface area contributed by atoms with Crippen LogP contribution in [-0.2, 0) is 0 Å². The summed E-state index contributed by atoms with van der Waals surface area (Å²) in [5.41, 5.74) is 0. The van der Waals surface area contributed by atoms with Crippen molar-refractivity contribution in [2.45, 2.75) is 65.0 Å². The van der Waals surface area contributed by atoms with E-state index in [1.807, 2.05) is 0 Å². The molecule has 4 N–H and O–H groups in total. The number of aliphatic hydroxyl groups excluding tert-OH is 4. The molecule has 0 bridgehead atoms. The van der Waals surface area contributed by atoms with E-state index in [2.05, 4.69) is 0 Å². The maximum absolute atomic E-state index is 8.56. The van der Waals surface area contributed by atoms with Crippen LogP contribution in [0.25, 0.3) is 0 Å². The largest absolute Gasteiger partial charge is 0 e. The average molecular weight is 1030 g/mol.